The van der Waals surface area contributed by atoms with E-state index in [1.165, 1.54) is 16.0 Å². The summed E-state index contributed by atoms with van der Waals surface area (Å²) in [5.74, 6) is 1.85. The minimum atomic E-state index is -0.181. The highest BCUT2D eigenvalue weighted by molar-refractivity contribution is 7.16. The van der Waals surface area contributed by atoms with Crippen LogP contribution in [0.4, 0.5) is 0 Å². The van der Waals surface area contributed by atoms with Crippen molar-refractivity contribution in [1.29, 1.82) is 0 Å². The summed E-state index contributed by atoms with van der Waals surface area (Å²) in [6.07, 6.45) is 1.58. The molecule has 0 unspecified atom stereocenters. The number of hydrogen-bond acceptors (Lipinski definition) is 6. The first-order chi connectivity index (χ1) is 11.1. The molecule has 6 nitrogen and oxygen atoms in total. The Bertz CT molecular complexity index is 921. The summed E-state index contributed by atoms with van der Waals surface area (Å²) in [5, 5.41) is 6.68. The van der Waals surface area contributed by atoms with Gasteiger partial charge in [-0.1, -0.05) is 0 Å². The van der Waals surface area contributed by atoms with Gasteiger partial charge in [-0.3, -0.25) is 4.79 Å². The highest BCUT2D eigenvalue weighted by atomic mass is 32.1. The molecule has 0 bridgehead atoms. The van der Waals surface area contributed by atoms with Crippen LogP contribution in [-0.2, 0) is 0 Å². The second-order valence-corrected chi connectivity index (χ2v) is 5.70. The summed E-state index contributed by atoms with van der Waals surface area (Å²) >= 11 is 1.44. The monoisotopic (exact) mass is 329 g/mol. The molecule has 3 aromatic rings. The van der Waals surface area contributed by atoms with Crippen molar-refractivity contribution in [3.05, 3.63) is 51.4 Å². The second-order valence-electron chi connectivity index (χ2n) is 4.81. The zero-order chi connectivity index (χ0) is 16.4. The fourth-order valence-electron chi connectivity index (χ4n) is 2.17. The van der Waals surface area contributed by atoms with Gasteiger partial charge < -0.3 is 9.47 Å². The SMILES string of the molecule is COc1cc(C=Nn2c(C)nc3sccc3c2=O)cc(OC)c1. The third-order valence-corrected chi connectivity index (χ3v) is 4.14. The molecule has 2 aromatic heterocycles. The number of methoxy groups -OCH3 is 2. The number of hydrogen-bond donors (Lipinski definition) is 0. The van der Waals surface area contributed by atoms with Crippen LogP contribution in [0.3, 0.4) is 0 Å². The lowest BCUT2D eigenvalue weighted by Gasteiger charge is -2.06. The molecule has 0 saturated heterocycles. The molecule has 7 heteroatoms. The molecule has 0 radical (unpaired) electrons. The molecule has 3 rings (SSSR count). The van der Waals surface area contributed by atoms with Gasteiger partial charge in [0.05, 0.1) is 25.8 Å². The number of aryl methyl sites for hydroxylation is 1. The maximum absolute atomic E-state index is 12.4. The first kappa shape index (κ1) is 15.2. The largest absolute Gasteiger partial charge is 0.497 e. The van der Waals surface area contributed by atoms with Crippen LogP contribution in [0, 0.1) is 6.92 Å². The van der Waals surface area contributed by atoms with Crippen molar-refractivity contribution in [3.8, 4) is 11.5 Å². The molecule has 118 valence electrons. The van der Waals surface area contributed by atoms with Crippen LogP contribution in [0.2, 0.25) is 0 Å². The normalized spacial score (nSPS) is 11.3. The standard InChI is InChI=1S/C16H15N3O3S/c1-10-18-15-14(4-5-23-15)16(20)19(10)17-9-11-6-12(21-2)8-13(7-11)22-3/h4-9H,1-3H3. The van der Waals surface area contributed by atoms with Crippen LogP contribution >= 0.6 is 11.3 Å². The van der Waals surface area contributed by atoms with Gasteiger partial charge in [-0.2, -0.15) is 9.78 Å². The van der Waals surface area contributed by atoms with E-state index in [1.54, 1.807) is 39.5 Å². The van der Waals surface area contributed by atoms with Crippen molar-refractivity contribution in [2.24, 2.45) is 5.10 Å². The van der Waals surface area contributed by atoms with Gasteiger partial charge in [0.2, 0.25) is 0 Å². The van der Waals surface area contributed by atoms with E-state index in [0.29, 0.717) is 22.7 Å². The van der Waals surface area contributed by atoms with E-state index >= 15 is 0 Å². The number of ether oxygens (including phenoxy) is 2. The second kappa shape index (κ2) is 6.21. The van der Waals surface area contributed by atoms with Crippen LogP contribution in [0.15, 0.2) is 39.5 Å². The van der Waals surface area contributed by atoms with Crippen LogP contribution < -0.4 is 15.0 Å². The van der Waals surface area contributed by atoms with Crippen molar-refractivity contribution in [3.63, 3.8) is 0 Å². The summed E-state index contributed by atoms with van der Waals surface area (Å²) in [4.78, 5) is 17.6. The molecule has 1 aromatic carbocycles. The third kappa shape index (κ3) is 2.95. The Balaban J connectivity index is 2.05. The summed E-state index contributed by atoms with van der Waals surface area (Å²) in [7, 11) is 3.16. The first-order valence-electron chi connectivity index (χ1n) is 6.86. The Labute approximate surface area is 136 Å². The van der Waals surface area contributed by atoms with Gasteiger partial charge in [-0.05, 0) is 30.5 Å². The molecular weight excluding hydrogens is 314 g/mol. The van der Waals surface area contributed by atoms with E-state index in [2.05, 4.69) is 10.1 Å². The molecular formula is C16H15N3O3S. The maximum Gasteiger partial charge on any atom is 0.282 e. The Morgan fingerprint density at radius 2 is 1.91 bits per heavy atom. The van der Waals surface area contributed by atoms with Gasteiger partial charge in [0, 0.05) is 11.6 Å². The van der Waals surface area contributed by atoms with Crippen LogP contribution in [0.1, 0.15) is 11.4 Å². The highest BCUT2D eigenvalue weighted by Gasteiger charge is 2.08. The molecule has 0 spiro atoms. The van der Waals surface area contributed by atoms with Gasteiger partial charge in [-0.15, -0.1) is 11.3 Å². The first-order valence-corrected chi connectivity index (χ1v) is 7.74. The minimum absolute atomic E-state index is 0.181. The van der Waals surface area contributed by atoms with Gasteiger partial charge in [0.1, 0.15) is 22.2 Å². The summed E-state index contributed by atoms with van der Waals surface area (Å²) in [6, 6.07) is 7.15. The fraction of sp³-hybridized carbons (Fsp3) is 0.188. The zero-order valence-corrected chi connectivity index (χ0v) is 13.8. The predicted molar refractivity (Wildman–Crippen MR) is 91.2 cm³/mol. The fourth-order valence-corrected chi connectivity index (χ4v) is 2.97. The number of fused-ring (bicyclic) bond motifs is 1. The van der Waals surface area contributed by atoms with E-state index in [-0.39, 0.29) is 5.56 Å². The van der Waals surface area contributed by atoms with E-state index in [4.69, 9.17) is 9.47 Å². The Morgan fingerprint density at radius 1 is 1.22 bits per heavy atom. The van der Waals surface area contributed by atoms with E-state index < -0.39 is 0 Å². The Kier molecular flexibility index (Phi) is 4.12. The van der Waals surface area contributed by atoms with E-state index in [9.17, 15) is 4.79 Å². The summed E-state index contributed by atoms with van der Waals surface area (Å²) in [6.45, 7) is 1.75. The molecule has 0 atom stereocenters. The van der Waals surface area contributed by atoms with Crippen molar-refractivity contribution in [1.82, 2.24) is 9.66 Å². The average Bonchev–Trinajstić information content (AvgIpc) is 3.02. The third-order valence-electron chi connectivity index (χ3n) is 3.33. The molecule has 0 aliphatic rings. The number of thiophene rings is 1. The average molecular weight is 329 g/mol. The number of nitrogens with zero attached hydrogens (tertiary/aromatic N) is 3. The lowest BCUT2D eigenvalue weighted by molar-refractivity contribution is 0.394. The molecule has 0 N–H and O–H groups in total. The molecule has 0 aliphatic heterocycles. The van der Waals surface area contributed by atoms with E-state index in [0.717, 1.165) is 10.4 Å². The van der Waals surface area contributed by atoms with Crippen LogP contribution in [0.5, 0.6) is 11.5 Å². The quantitative estimate of drug-likeness (QED) is 0.690. The number of benzene rings is 1. The molecule has 0 fully saturated rings. The molecule has 0 aliphatic carbocycles. The lowest BCUT2D eigenvalue weighted by Crippen LogP contribution is -2.19. The molecule has 23 heavy (non-hydrogen) atoms. The zero-order valence-electron chi connectivity index (χ0n) is 12.9. The maximum atomic E-state index is 12.4. The van der Waals surface area contributed by atoms with Crippen molar-refractivity contribution in [2.75, 3.05) is 14.2 Å². The molecule has 2 heterocycles. The van der Waals surface area contributed by atoms with Crippen LogP contribution in [0.25, 0.3) is 10.2 Å². The lowest BCUT2D eigenvalue weighted by atomic mass is 10.2. The smallest absolute Gasteiger partial charge is 0.282 e. The highest BCUT2D eigenvalue weighted by Crippen LogP contribution is 2.21. The number of rotatable bonds is 4. The summed E-state index contributed by atoms with van der Waals surface area (Å²) in [5.41, 5.74) is 0.581. The van der Waals surface area contributed by atoms with Crippen molar-refractivity contribution in [2.45, 2.75) is 6.92 Å². The minimum Gasteiger partial charge on any atom is -0.497 e. The summed E-state index contributed by atoms with van der Waals surface area (Å²) < 4.78 is 11.7. The predicted octanol–water partition coefficient (Wildman–Crippen LogP) is 2.67. The van der Waals surface area contributed by atoms with Crippen molar-refractivity contribution < 1.29 is 9.47 Å². The Morgan fingerprint density at radius 3 is 2.57 bits per heavy atom. The van der Waals surface area contributed by atoms with Crippen LogP contribution in [-0.4, -0.2) is 30.1 Å². The van der Waals surface area contributed by atoms with Gasteiger partial charge in [0.15, 0.2) is 0 Å². The van der Waals surface area contributed by atoms with Crippen molar-refractivity contribution >= 4 is 27.8 Å². The molecule has 0 saturated carbocycles. The molecule has 0 amide bonds. The van der Waals surface area contributed by atoms with E-state index in [1.807, 2.05) is 17.5 Å². The number of aromatic nitrogens is 2. The van der Waals surface area contributed by atoms with Gasteiger partial charge in [0.25, 0.3) is 5.56 Å². The van der Waals surface area contributed by atoms with Gasteiger partial charge >= 0.3 is 0 Å². The van der Waals surface area contributed by atoms with Gasteiger partial charge in [-0.25, -0.2) is 4.98 Å². The Hall–Kier alpha value is -2.67. The topological polar surface area (TPSA) is 65.7 Å².